The van der Waals surface area contributed by atoms with Gasteiger partial charge >= 0.3 is 18.2 Å². The second-order valence-electron chi connectivity index (χ2n) is 5.59. The van der Waals surface area contributed by atoms with Crippen molar-refractivity contribution in [2.45, 2.75) is 26.4 Å². The molecule has 0 fully saturated rings. The van der Waals surface area contributed by atoms with E-state index in [1.807, 2.05) is 0 Å². The van der Waals surface area contributed by atoms with Crippen LogP contribution in [0.5, 0.6) is 0 Å². The van der Waals surface area contributed by atoms with Crippen LogP contribution in [0.1, 0.15) is 23.4 Å². The minimum atomic E-state index is -4.58. The number of benzene rings is 1. The van der Waals surface area contributed by atoms with Gasteiger partial charge in [-0.15, -0.1) is 0 Å². The van der Waals surface area contributed by atoms with Crippen molar-refractivity contribution >= 4 is 17.7 Å². The van der Waals surface area contributed by atoms with Crippen molar-refractivity contribution in [3.8, 4) is 5.69 Å². The molecular formula is C16H17F3N4O3. The lowest BCUT2D eigenvalue weighted by Crippen LogP contribution is -2.31. The van der Waals surface area contributed by atoms with Gasteiger partial charge in [-0.3, -0.25) is 4.79 Å². The molecule has 1 aromatic heterocycles. The number of aliphatic carboxylic acids is 1. The molecule has 0 atom stereocenters. The molecule has 0 unspecified atom stereocenters. The summed E-state index contributed by atoms with van der Waals surface area (Å²) in [4.78, 5) is 22.4. The van der Waals surface area contributed by atoms with Crippen LogP contribution in [0.15, 0.2) is 24.3 Å². The molecule has 0 aliphatic heterocycles. The summed E-state index contributed by atoms with van der Waals surface area (Å²) >= 11 is 0. The first-order chi connectivity index (χ1) is 12.1. The maximum Gasteiger partial charge on any atom is 0.416 e. The third kappa shape index (κ3) is 4.74. The first-order valence-corrected chi connectivity index (χ1v) is 7.59. The van der Waals surface area contributed by atoms with Crippen LogP contribution in [-0.4, -0.2) is 33.4 Å². The largest absolute Gasteiger partial charge is 0.481 e. The highest BCUT2D eigenvalue weighted by atomic mass is 19.4. The van der Waals surface area contributed by atoms with Crippen LogP contribution in [0.25, 0.3) is 5.69 Å². The Hall–Kier alpha value is -3.04. The standard InChI is InChI=1S/C16H17F3N4O3/c1-9-7-10(2)23(22-9)13-4-3-11(16(17,18)19)8-12(13)21-15(26)20-6-5-14(24)25/h3-4,7-8H,5-6H2,1-2H3,(H,24,25)(H2,20,21,26). The van der Waals surface area contributed by atoms with Gasteiger partial charge in [0.25, 0.3) is 0 Å². The van der Waals surface area contributed by atoms with E-state index in [9.17, 15) is 22.8 Å². The summed E-state index contributed by atoms with van der Waals surface area (Å²) in [7, 11) is 0. The van der Waals surface area contributed by atoms with E-state index in [1.165, 1.54) is 10.7 Å². The van der Waals surface area contributed by atoms with Crippen LogP contribution < -0.4 is 10.6 Å². The Morgan fingerprint density at radius 1 is 1.23 bits per heavy atom. The number of hydrogen-bond acceptors (Lipinski definition) is 3. The van der Waals surface area contributed by atoms with Crippen molar-refractivity contribution in [1.82, 2.24) is 15.1 Å². The third-order valence-corrected chi connectivity index (χ3v) is 3.43. The lowest BCUT2D eigenvalue weighted by Gasteiger charge is -2.16. The Bertz CT molecular complexity index is 831. The lowest BCUT2D eigenvalue weighted by molar-refractivity contribution is -0.138. The fraction of sp³-hybridized carbons (Fsp3) is 0.312. The molecule has 7 nitrogen and oxygen atoms in total. The zero-order valence-electron chi connectivity index (χ0n) is 14.0. The predicted octanol–water partition coefficient (Wildman–Crippen LogP) is 3.10. The Kier molecular flexibility index (Phi) is 5.53. The first-order valence-electron chi connectivity index (χ1n) is 7.59. The van der Waals surface area contributed by atoms with Crippen LogP contribution in [-0.2, 0) is 11.0 Å². The van der Waals surface area contributed by atoms with Crippen molar-refractivity contribution in [1.29, 1.82) is 0 Å². The second kappa shape index (κ2) is 7.46. The van der Waals surface area contributed by atoms with Crippen LogP contribution in [0, 0.1) is 13.8 Å². The van der Waals surface area contributed by atoms with Crippen LogP contribution >= 0.6 is 0 Å². The molecule has 0 aliphatic carbocycles. The maximum absolute atomic E-state index is 13.0. The number of nitrogens with one attached hydrogen (secondary N) is 2. The highest BCUT2D eigenvalue weighted by molar-refractivity contribution is 5.92. The van der Waals surface area contributed by atoms with E-state index < -0.39 is 23.7 Å². The number of rotatable bonds is 5. The van der Waals surface area contributed by atoms with Gasteiger partial charge in [0.1, 0.15) is 0 Å². The van der Waals surface area contributed by atoms with Gasteiger partial charge in [-0.1, -0.05) is 0 Å². The topological polar surface area (TPSA) is 96.2 Å². The van der Waals surface area contributed by atoms with Crippen LogP contribution in [0.2, 0.25) is 0 Å². The number of carbonyl (C=O) groups is 2. The fourth-order valence-corrected chi connectivity index (χ4v) is 2.32. The normalized spacial score (nSPS) is 11.3. The first kappa shape index (κ1) is 19.3. The van der Waals surface area contributed by atoms with Gasteiger partial charge in [0.05, 0.1) is 29.1 Å². The van der Waals surface area contributed by atoms with Crippen molar-refractivity contribution < 1.29 is 27.9 Å². The summed E-state index contributed by atoms with van der Waals surface area (Å²) in [5.41, 5.74) is 0.579. The Morgan fingerprint density at radius 2 is 1.92 bits per heavy atom. The summed E-state index contributed by atoms with van der Waals surface area (Å²) in [5.74, 6) is -1.10. The number of aryl methyl sites for hydroxylation is 2. The fourth-order valence-electron chi connectivity index (χ4n) is 2.32. The molecule has 2 aromatic rings. The van der Waals surface area contributed by atoms with E-state index in [-0.39, 0.29) is 24.3 Å². The van der Waals surface area contributed by atoms with Gasteiger partial charge in [0.2, 0.25) is 0 Å². The number of alkyl halides is 3. The monoisotopic (exact) mass is 370 g/mol. The van der Waals surface area contributed by atoms with Gasteiger partial charge in [0, 0.05) is 12.2 Å². The summed E-state index contributed by atoms with van der Waals surface area (Å²) in [5, 5.41) is 17.4. The highest BCUT2D eigenvalue weighted by Gasteiger charge is 2.31. The predicted molar refractivity (Wildman–Crippen MR) is 87.3 cm³/mol. The average Bonchev–Trinajstić information content (AvgIpc) is 2.84. The van der Waals surface area contributed by atoms with Crippen molar-refractivity contribution in [3.05, 3.63) is 41.2 Å². The van der Waals surface area contributed by atoms with Gasteiger partial charge in [-0.05, 0) is 38.1 Å². The molecule has 10 heteroatoms. The molecule has 140 valence electrons. The minimum Gasteiger partial charge on any atom is -0.481 e. The maximum atomic E-state index is 13.0. The molecule has 1 heterocycles. The van der Waals surface area contributed by atoms with E-state index in [4.69, 9.17) is 5.11 Å². The molecule has 2 rings (SSSR count). The van der Waals surface area contributed by atoms with E-state index >= 15 is 0 Å². The molecular weight excluding hydrogens is 353 g/mol. The number of halogens is 3. The molecule has 3 N–H and O–H groups in total. The van der Waals surface area contributed by atoms with E-state index in [0.29, 0.717) is 11.4 Å². The summed E-state index contributed by atoms with van der Waals surface area (Å²) in [6, 6.07) is 3.86. The van der Waals surface area contributed by atoms with E-state index in [1.54, 1.807) is 19.9 Å². The zero-order valence-corrected chi connectivity index (χ0v) is 14.0. The van der Waals surface area contributed by atoms with Gasteiger partial charge < -0.3 is 15.7 Å². The Morgan fingerprint density at radius 3 is 2.46 bits per heavy atom. The second-order valence-corrected chi connectivity index (χ2v) is 5.59. The SMILES string of the molecule is Cc1cc(C)n(-c2ccc(C(F)(F)F)cc2NC(=O)NCCC(=O)O)n1. The summed E-state index contributed by atoms with van der Waals surface area (Å²) in [6.07, 6.45) is -4.88. The Labute approximate surface area is 146 Å². The molecule has 0 radical (unpaired) electrons. The number of nitrogens with zero attached hydrogens (tertiary/aromatic N) is 2. The minimum absolute atomic E-state index is 0.0983. The number of anilines is 1. The van der Waals surface area contributed by atoms with Crippen molar-refractivity contribution in [2.24, 2.45) is 0 Å². The molecule has 26 heavy (non-hydrogen) atoms. The average molecular weight is 370 g/mol. The van der Waals surface area contributed by atoms with E-state index in [0.717, 1.165) is 12.1 Å². The molecule has 0 saturated carbocycles. The zero-order chi connectivity index (χ0) is 19.5. The van der Waals surface area contributed by atoms with Crippen LogP contribution in [0.3, 0.4) is 0 Å². The summed E-state index contributed by atoms with van der Waals surface area (Å²) in [6.45, 7) is 3.31. The number of urea groups is 1. The number of carboxylic acids is 1. The van der Waals surface area contributed by atoms with Crippen molar-refractivity contribution in [3.63, 3.8) is 0 Å². The molecule has 2 amide bonds. The van der Waals surface area contributed by atoms with Gasteiger partial charge in [-0.25, -0.2) is 9.48 Å². The smallest absolute Gasteiger partial charge is 0.416 e. The molecule has 0 bridgehead atoms. The Balaban J connectivity index is 2.35. The van der Waals surface area contributed by atoms with Gasteiger partial charge in [0.15, 0.2) is 0 Å². The number of carbonyl (C=O) groups excluding carboxylic acids is 1. The van der Waals surface area contributed by atoms with Crippen molar-refractivity contribution in [2.75, 3.05) is 11.9 Å². The van der Waals surface area contributed by atoms with Gasteiger partial charge in [-0.2, -0.15) is 18.3 Å². The number of carboxylic acid groups (broad SMARTS) is 1. The number of hydrogen-bond donors (Lipinski definition) is 3. The molecule has 1 aromatic carbocycles. The van der Waals surface area contributed by atoms with E-state index in [2.05, 4.69) is 15.7 Å². The molecule has 0 spiro atoms. The lowest BCUT2D eigenvalue weighted by atomic mass is 10.1. The molecule has 0 aliphatic rings. The number of amides is 2. The number of aromatic nitrogens is 2. The highest BCUT2D eigenvalue weighted by Crippen LogP contribution is 2.33. The quantitative estimate of drug-likeness (QED) is 0.754. The van der Waals surface area contributed by atoms with Crippen LogP contribution in [0.4, 0.5) is 23.7 Å². The third-order valence-electron chi connectivity index (χ3n) is 3.43. The molecule has 0 saturated heterocycles. The summed E-state index contributed by atoms with van der Waals surface area (Å²) < 4.78 is 40.4.